The molecule has 1 atom stereocenters. The van der Waals surface area contributed by atoms with Gasteiger partial charge < -0.3 is 4.74 Å². The third-order valence-electron chi connectivity index (χ3n) is 4.61. The molecular formula is C26H38O2. The third-order valence-corrected chi connectivity index (χ3v) is 4.61. The first kappa shape index (κ1) is 23.9. The first-order chi connectivity index (χ1) is 13.7. The van der Waals surface area contributed by atoms with Crippen molar-refractivity contribution >= 4 is 5.97 Å². The van der Waals surface area contributed by atoms with E-state index in [4.69, 9.17) is 4.74 Å². The van der Waals surface area contributed by atoms with Gasteiger partial charge in [0, 0.05) is 6.42 Å². The highest BCUT2D eigenvalue weighted by molar-refractivity contribution is 5.69. The van der Waals surface area contributed by atoms with Crippen molar-refractivity contribution < 1.29 is 9.53 Å². The number of benzene rings is 1. The Morgan fingerprint density at radius 1 is 0.857 bits per heavy atom. The minimum absolute atomic E-state index is 0.0856. The molecule has 1 aromatic carbocycles. The maximum Gasteiger partial charge on any atom is 0.306 e. The van der Waals surface area contributed by atoms with Gasteiger partial charge >= 0.3 is 5.97 Å². The Kier molecular flexibility index (Phi) is 14.6. The minimum atomic E-state index is -0.164. The molecule has 0 aliphatic carbocycles. The summed E-state index contributed by atoms with van der Waals surface area (Å²) in [6, 6.07) is 9.90. The Morgan fingerprint density at radius 3 is 2.18 bits per heavy atom. The number of carbonyl (C=O) groups excluding carboxylic acids is 1. The van der Waals surface area contributed by atoms with Gasteiger partial charge in [0.05, 0.1) is 0 Å². The molecule has 0 radical (unpaired) electrons. The summed E-state index contributed by atoms with van der Waals surface area (Å²) in [5, 5.41) is 0. The van der Waals surface area contributed by atoms with Crippen LogP contribution in [0.5, 0.6) is 0 Å². The topological polar surface area (TPSA) is 26.3 Å². The lowest BCUT2D eigenvalue weighted by atomic mass is 10.1. The van der Waals surface area contributed by atoms with Crippen LogP contribution in [0.25, 0.3) is 0 Å². The number of allylic oxidation sites excluding steroid dienone is 6. The zero-order valence-electron chi connectivity index (χ0n) is 17.8. The quantitative estimate of drug-likeness (QED) is 0.175. The van der Waals surface area contributed by atoms with E-state index in [0.29, 0.717) is 6.42 Å². The molecule has 28 heavy (non-hydrogen) atoms. The van der Waals surface area contributed by atoms with Crippen LogP contribution in [0.15, 0.2) is 66.8 Å². The number of ether oxygens (including phenoxy) is 1. The lowest BCUT2D eigenvalue weighted by Gasteiger charge is -2.13. The van der Waals surface area contributed by atoms with E-state index in [9.17, 15) is 4.79 Å². The predicted molar refractivity (Wildman–Crippen MR) is 120 cm³/mol. The van der Waals surface area contributed by atoms with Crippen molar-refractivity contribution in [1.82, 2.24) is 0 Å². The van der Waals surface area contributed by atoms with Crippen LogP contribution >= 0.6 is 0 Å². The van der Waals surface area contributed by atoms with E-state index >= 15 is 0 Å². The van der Waals surface area contributed by atoms with Crippen molar-refractivity contribution in [3.63, 3.8) is 0 Å². The molecule has 1 unspecified atom stereocenters. The number of hydrogen-bond acceptors (Lipinski definition) is 2. The van der Waals surface area contributed by atoms with Gasteiger partial charge in [-0.05, 0) is 51.0 Å². The molecule has 1 rings (SSSR count). The van der Waals surface area contributed by atoms with Gasteiger partial charge in [-0.1, -0.05) is 93.0 Å². The highest BCUT2D eigenvalue weighted by Crippen LogP contribution is 2.17. The molecule has 0 saturated heterocycles. The summed E-state index contributed by atoms with van der Waals surface area (Å²) in [6.07, 6.45) is 23.8. The van der Waals surface area contributed by atoms with Gasteiger partial charge in [-0.2, -0.15) is 0 Å². The molecule has 2 heteroatoms. The van der Waals surface area contributed by atoms with Crippen LogP contribution in [-0.2, 0) is 9.53 Å². The summed E-state index contributed by atoms with van der Waals surface area (Å²) in [5.74, 6) is -0.0856. The number of rotatable bonds is 15. The lowest BCUT2D eigenvalue weighted by Crippen LogP contribution is -2.08. The summed E-state index contributed by atoms with van der Waals surface area (Å²) in [4.78, 5) is 11.9. The summed E-state index contributed by atoms with van der Waals surface area (Å²) in [7, 11) is 0. The normalized spacial score (nSPS) is 12.9. The van der Waals surface area contributed by atoms with Crippen LogP contribution < -0.4 is 0 Å². The van der Waals surface area contributed by atoms with Gasteiger partial charge in [0.25, 0.3) is 0 Å². The van der Waals surface area contributed by atoms with Crippen molar-refractivity contribution in [3.8, 4) is 0 Å². The monoisotopic (exact) mass is 382 g/mol. The molecule has 0 fully saturated rings. The van der Waals surface area contributed by atoms with E-state index in [1.165, 1.54) is 19.3 Å². The van der Waals surface area contributed by atoms with Gasteiger partial charge in [-0.15, -0.1) is 0 Å². The molecule has 0 saturated carbocycles. The van der Waals surface area contributed by atoms with E-state index in [1.54, 1.807) is 0 Å². The lowest BCUT2D eigenvalue weighted by molar-refractivity contribution is -0.148. The zero-order valence-corrected chi connectivity index (χ0v) is 17.8. The van der Waals surface area contributed by atoms with E-state index < -0.39 is 0 Å². The first-order valence-electron chi connectivity index (χ1n) is 10.9. The molecule has 154 valence electrons. The van der Waals surface area contributed by atoms with E-state index in [0.717, 1.165) is 44.1 Å². The van der Waals surface area contributed by atoms with Gasteiger partial charge in [-0.3, -0.25) is 4.79 Å². The fraction of sp³-hybridized carbons (Fsp3) is 0.500. The Balaban J connectivity index is 1.94. The molecule has 0 aliphatic rings. The summed E-state index contributed by atoms with van der Waals surface area (Å²) >= 11 is 0. The third kappa shape index (κ3) is 13.1. The molecule has 0 aromatic heterocycles. The smallest absolute Gasteiger partial charge is 0.306 e. The van der Waals surface area contributed by atoms with Crippen LogP contribution in [0.2, 0.25) is 0 Å². The second-order valence-electron chi connectivity index (χ2n) is 7.14. The van der Waals surface area contributed by atoms with Gasteiger partial charge in [-0.25, -0.2) is 0 Å². The van der Waals surface area contributed by atoms with Crippen molar-refractivity contribution in [2.75, 3.05) is 0 Å². The maximum atomic E-state index is 11.9. The first-order valence-corrected chi connectivity index (χ1v) is 10.9. The van der Waals surface area contributed by atoms with Gasteiger partial charge in [0.2, 0.25) is 0 Å². The Labute approximate surface area is 172 Å². The summed E-state index contributed by atoms with van der Waals surface area (Å²) < 4.78 is 5.50. The number of esters is 1. The molecule has 0 heterocycles. The average Bonchev–Trinajstić information content (AvgIpc) is 2.71. The predicted octanol–water partition coefficient (Wildman–Crippen LogP) is 7.88. The van der Waals surface area contributed by atoms with Gasteiger partial charge in [0.1, 0.15) is 6.10 Å². The Hall–Kier alpha value is -2.09. The van der Waals surface area contributed by atoms with E-state index in [1.807, 2.05) is 37.3 Å². The Bertz CT molecular complexity index is 584. The van der Waals surface area contributed by atoms with Crippen LogP contribution in [0.4, 0.5) is 0 Å². The molecule has 0 N–H and O–H groups in total. The second kappa shape index (κ2) is 17.0. The van der Waals surface area contributed by atoms with Crippen LogP contribution in [0.3, 0.4) is 0 Å². The number of carbonyl (C=O) groups is 1. The molecule has 0 bridgehead atoms. The van der Waals surface area contributed by atoms with Crippen LogP contribution in [0, 0.1) is 0 Å². The largest absolute Gasteiger partial charge is 0.458 e. The molecule has 2 nitrogen and oxygen atoms in total. The van der Waals surface area contributed by atoms with Crippen molar-refractivity contribution in [3.05, 3.63) is 72.4 Å². The zero-order chi connectivity index (χ0) is 20.3. The minimum Gasteiger partial charge on any atom is -0.458 e. The summed E-state index contributed by atoms with van der Waals surface area (Å²) in [5.41, 5.74) is 1.05. The van der Waals surface area contributed by atoms with Crippen LogP contribution in [0.1, 0.15) is 89.7 Å². The fourth-order valence-corrected chi connectivity index (χ4v) is 2.94. The average molecular weight is 383 g/mol. The van der Waals surface area contributed by atoms with Crippen molar-refractivity contribution in [2.45, 2.75) is 84.2 Å². The molecule has 1 aromatic rings. The standard InChI is InChI=1S/C26H38O2/c1-3-4-5-6-7-8-9-10-11-12-13-14-15-16-20-23-26(27)28-24(2)25-21-18-17-19-22-25/h4-5,7-8,10-11,17-19,21-22,24H,3,6,9,12-16,20,23H2,1-2H3/b5-4-,8-7-,11-10-. The van der Waals surface area contributed by atoms with Gasteiger partial charge in [0.15, 0.2) is 0 Å². The molecule has 0 amide bonds. The fourth-order valence-electron chi connectivity index (χ4n) is 2.94. The van der Waals surface area contributed by atoms with E-state index in [-0.39, 0.29) is 12.1 Å². The van der Waals surface area contributed by atoms with E-state index in [2.05, 4.69) is 43.4 Å². The molecule has 0 aliphatic heterocycles. The summed E-state index contributed by atoms with van der Waals surface area (Å²) in [6.45, 7) is 4.09. The van der Waals surface area contributed by atoms with Crippen molar-refractivity contribution in [1.29, 1.82) is 0 Å². The number of hydrogen-bond donors (Lipinski definition) is 0. The number of unbranched alkanes of at least 4 members (excludes halogenated alkanes) is 5. The maximum absolute atomic E-state index is 11.9. The highest BCUT2D eigenvalue weighted by Gasteiger charge is 2.10. The molecular weight excluding hydrogens is 344 g/mol. The SMILES string of the molecule is CC/C=C\C/C=C\C/C=C\CCCCCCCC(=O)OC(C)c1ccccc1. The van der Waals surface area contributed by atoms with Crippen molar-refractivity contribution in [2.24, 2.45) is 0 Å². The Morgan fingerprint density at radius 2 is 1.46 bits per heavy atom. The second-order valence-corrected chi connectivity index (χ2v) is 7.14. The molecule has 0 spiro atoms. The highest BCUT2D eigenvalue weighted by atomic mass is 16.5. The van der Waals surface area contributed by atoms with Crippen LogP contribution in [-0.4, -0.2) is 5.97 Å².